The number of rotatable bonds is 4. The maximum Gasteiger partial charge on any atom is 0.302 e. The predicted molar refractivity (Wildman–Crippen MR) is 91.5 cm³/mol. The lowest BCUT2D eigenvalue weighted by atomic mass is 9.58. The van der Waals surface area contributed by atoms with Gasteiger partial charge in [-0.1, -0.05) is 47.6 Å². The molecule has 1 aliphatic rings. The number of allylic oxidation sites excluding steroid dienone is 1. The Morgan fingerprint density at radius 3 is 2.09 bits per heavy atom. The van der Waals surface area contributed by atoms with Gasteiger partial charge in [-0.2, -0.15) is 0 Å². The molecule has 128 valence electrons. The number of carbonyl (C=O) groups excluding carboxylic acids is 2. The average molecular weight is 310 g/mol. The Kier molecular flexibility index (Phi) is 8.65. The molecule has 0 saturated heterocycles. The van der Waals surface area contributed by atoms with Gasteiger partial charge < -0.3 is 9.53 Å². The van der Waals surface area contributed by atoms with Crippen LogP contribution < -0.4 is 0 Å². The van der Waals surface area contributed by atoms with E-state index in [1.807, 2.05) is 6.08 Å². The van der Waals surface area contributed by atoms with Gasteiger partial charge in [-0.3, -0.25) is 4.79 Å². The third-order valence-electron chi connectivity index (χ3n) is 4.42. The summed E-state index contributed by atoms with van der Waals surface area (Å²) in [5.74, 6) is 1.05. The molecule has 0 bridgehead atoms. The molecule has 1 fully saturated rings. The van der Waals surface area contributed by atoms with E-state index in [4.69, 9.17) is 4.74 Å². The van der Waals surface area contributed by atoms with E-state index in [1.54, 1.807) is 0 Å². The van der Waals surface area contributed by atoms with Crippen molar-refractivity contribution in [3.8, 4) is 0 Å². The van der Waals surface area contributed by atoms with Gasteiger partial charge in [0.25, 0.3) is 0 Å². The molecule has 1 rings (SSSR count). The third-order valence-corrected chi connectivity index (χ3v) is 4.42. The van der Waals surface area contributed by atoms with Crippen molar-refractivity contribution in [1.29, 1.82) is 0 Å². The highest BCUT2D eigenvalue weighted by Gasteiger charge is 2.47. The molecular weight excluding hydrogens is 276 g/mol. The highest BCUT2D eigenvalue weighted by atomic mass is 16.5. The van der Waals surface area contributed by atoms with Crippen LogP contribution in [0.5, 0.6) is 0 Å². The second-order valence-electron chi connectivity index (χ2n) is 7.51. The molecule has 0 N–H and O–H groups in total. The van der Waals surface area contributed by atoms with Crippen LogP contribution in [0.25, 0.3) is 0 Å². The van der Waals surface area contributed by atoms with Crippen LogP contribution >= 0.6 is 0 Å². The molecule has 0 spiro atoms. The SMILES string of the molecule is C=CC1(C(C)C)CC(C)C(OC(C)=O)CC1C=O.CC(C)C. The van der Waals surface area contributed by atoms with Gasteiger partial charge >= 0.3 is 5.97 Å². The highest BCUT2D eigenvalue weighted by molar-refractivity contribution is 5.66. The summed E-state index contributed by atoms with van der Waals surface area (Å²) >= 11 is 0. The van der Waals surface area contributed by atoms with Crippen LogP contribution in [-0.2, 0) is 14.3 Å². The first-order chi connectivity index (χ1) is 10.1. The number of esters is 1. The van der Waals surface area contributed by atoms with Gasteiger partial charge in [-0.15, -0.1) is 6.58 Å². The van der Waals surface area contributed by atoms with Crippen molar-refractivity contribution < 1.29 is 14.3 Å². The number of ether oxygens (including phenoxy) is 1. The van der Waals surface area contributed by atoms with E-state index in [1.165, 1.54) is 6.92 Å². The minimum atomic E-state index is -0.271. The van der Waals surface area contributed by atoms with Crippen molar-refractivity contribution >= 4 is 12.3 Å². The van der Waals surface area contributed by atoms with Gasteiger partial charge in [-0.05, 0) is 30.6 Å². The molecule has 3 nitrogen and oxygen atoms in total. The third kappa shape index (κ3) is 5.58. The zero-order chi connectivity index (χ0) is 17.5. The molecule has 0 heterocycles. The summed E-state index contributed by atoms with van der Waals surface area (Å²) in [5.41, 5.74) is -0.169. The van der Waals surface area contributed by atoms with Gasteiger partial charge in [-0.25, -0.2) is 0 Å². The fourth-order valence-corrected chi connectivity index (χ4v) is 3.24. The first kappa shape index (κ1) is 20.9. The summed E-state index contributed by atoms with van der Waals surface area (Å²) < 4.78 is 5.32. The maximum absolute atomic E-state index is 11.4. The van der Waals surface area contributed by atoms with Crippen molar-refractivity contribution in [2.75, 3.05) is 0 Å². The lowest BCUT2D eigenvalue weighted by Gasteiger charge is -2.48. The van der Waals surface area contributed by atoms with Crippen LogP contribution in [0.1, 0.15) is 61.3 Å². The summed E-state index contributed by atoms with van der Waals surface area (Å²) in [6.45, 7) is 18.2. The fraction of sp³-hybridized carbons (Fsp3) is 0.789. The van der Waals surface area contributed by atoms with E-state index < -0.39 is 0 Å². The van der Waals surface area contributed by atoms with Crippen LogP contribution in [-0.4, -0.2) is 18.4 Å². The van der Waals surface area contributed by atoms with Crippen molar-refractivity contribution in [1.82, 2.24) is 0 Å². The van der Waals surface area contributed by atoms with Crippen LogP contribution in [0.15, 0.2) is 12.7 Å². The number of hydrogen-bond donors (Lipinski definition) is 0. The molecular formula is C19H34O3. The topological polar surface area (TPSA) is 43.4 Å². The summed E-state index contributed by atoms with van der Waals surface area (Å²) in [6.07, 6.45) is 4.23. The van der Waals surface area contributed by atoms with Crippen molar-refractivity contribution in [2.24, 2.45) is 29.1 Å². The fourth-order valence-electron chi connectivity index (χ4n) is 3.24. The Balaban J connectivity index is 0.000000980. The lowest BCUT2D eigenvalue weighted by Crippen LogP contribution is -2.46. The predicted octanol–water partition coefficient (Wildman–Crippen LogP) is 4.65. The Labute approximate surface area is 136 Å². The molecule has 4 atom stereocenters. The first-order valence-corrected chi connectivity index (χ1v) is 8.36. The minimum Gasteiger partial charge on any atom is -0.462 e. The van der Waals surface area contributed by atoms with E-state index in [9.17, 15) is 9.59 Å². The maximum atomic E-state index is 11.4. The van der Waals surface area contributed by atoms with E-state index in [0.717, 1.165) is 18.6 Å². The zero-order valence-corrected chi connectivity index (χ0v) is 15.4. The molecule has 0 radical (unpaired) electrons. The molecule has 0 aromatic rings. The molecule has 3 heteroatoms. The summed E-state index contributed by atoms with van der Waals surface area (Å²) in [4.78, 5) is 22.5. The Hall–Kier alpha value is -1.12. The molecule has 0 amide bonds. The van der Waals surface area contributed by atoms with Gasteiger partial charge in [0.1, 0.15) is 12.4 Å². The van der Waals surface area contributed by atoms with Gasteiger partial charge in [0.05, 0.1) is 0 Å². The molecule has 1 saturated carbocycles. The quantitative estimate of drug-likeness (QED) is 0.431. The second kappa shape index (κ2) is 9.12. The van der Waals surface area contributed by atoms with Crippen LogP contribution in [0.2, 0.25) is 0 Å². The van der Waals surface area contributed by atoms with E-state index >= 15 is 0 Å². The minimum absolute atomic E-state index is 0.115. The van der Waals surface area contributed by atoms with Crippen LogP contribution in [0, 0.1) is 29.1 Å². The summed E-state index contributed by atoms with van der Waals surface area (Å²) in [5, 5.41) is 0. The highest BCUT2D eigenvalue weighted by Crippen LogP contribution is 2.49. The normalized spacial score (nSPS) is 31.2. The van der Waals surface area contributed by atoms with Crippen molar-refractivity contribution in [3.05, 3.63) is 12.7 Å². The zero-order valence-electron chi connectivity index (χ0n) is 15.4. The van der Waals surface area contributed by atoms with Gasteiger partial charge in [0.15, 0.2) is 0 Å². The standard InChI is InChI=1S/C15H24O3.C4H10/c1-6-15(10(2)3)8-11(4)14(18-12(5)17)7-13(15)9-16;1-4(2)3/h6,9-11,13-14H,1,7-8H2,2-5H3;4H,1-3H3. The molecule has 0 aromatic carbocycles. The Morgan fingerprint density at radius 1 is 1.27 bits per heavy atom. The number of hydrogen-bond acceptors (Lipinski definition) is 3. The first-order valence-electron chi connectivity index (χ1n) is 8.36. The van der Waals surface area contributed by atoms with Gasteiger partial charge in [0, 0.05) is 18.3 Å². The molecule has 0 aliphatic heterocycles. The number of aldehydes is 1. The van der Waals surface area contributed by atoms with E-state index in [2.05, 4.69) is 48.1 Å². The molecule has 1 aliphatic carbocycles. The van der Waals surface area contributed by atoms with Crippen molar-refractivity contribution in [2.45, 2.75) is 67.4 Å². The van der Waals surface area contributed by atoms with E-state index in [-0.39, 0.29) is 29.3 Å². The van der Waals surface area contributed by atoms with Crippen LogP contribution in [0.4, 0.5) is 0 Å². The largest absolute Gasteiger partial charge is 0.462 e. The second-order valence-corrected chi connectivity index (χ2v) is 7.51. The molecule has 0 aromatic heterocycles. The smallest absolute Gasteiger partial charge is 0.302 e. The average Bonchev–Trinajstić information content (AvgIpc) is 2.39. The number of carbonyl (C=O) groups is 2. The Bertz CT molecular complexity index is 370. The monoisotopic (exact) mass is 310 g/mol. The van der Waals surface area contributed by atoms with Gasteiger partial charge in [0.2, 0.25) is 0 Å². The van der Waals surface area contributed by atoms with Crippen molar-refractivity contribution in [3.63, 3.8) is 0 Å². The molecule has 22 heavy (non-hydrogen) atoms. The van der Waals surface area contributed by atoms with E-state index in [0.29, 0.717) is 12.3 Å². The lowest BCUT2D eigenvalue weighted by molar-refractivity contribution is -0.156. The Morgan fingerprint density at radius 2 is 1.77 bits per heavy atom. The molecule has 4 unspecified atom stereocenters. The van der Waals surface area contributed by atoms with Crippen LogP contribution in [0.3, 0.4) is 0 Å². The summed E-state index contributed by atoms with van der Waals surface area (Å²) in [7, 11) is 0. The summed E-state index contributed by atoms with van der Waals surface area (Å²) in [6, 6.07) is 0.